The fourth-order valence-electron chi connectivity index (χ4n) is 4.68. The molecule has 2 amide bonds. The molecule has 1 aromatic rings. The number of amides is 2. The maximum absolute atomic E-state index is 12.5. The number of carbonyl (C=O) groups is 1. The molecule has 4 heterocycles. The highest BCUT2D eigenvalue weighted by Crippen LogP contribution is 2.35. The number of aromatic nitrogens is 2. The highest BCUT2D eigenvalue weighted by atomic mass is 16.5. The summed E-state index contributed by atoms with van der Waals surface area (Å²) in [5, 5.41) is 7.54. The molecule has 0 saturated carbocycles. The zero-order valence-corrected chi connectivity index (χ0v) is 16.0. The Hall–Kier alpha value is -1.60. The predicted molar refractivity (Wildman–Crippen MR) is 98.9 cm³/mol. The van der Waals surface area contributed by atoms with E-state index in [-0.39, 0.29) is 11.6 Å². The van der Waals surface area contributed by atoms with E-state index in [9.17, 15) is 4.79 Å². The molecule has 0 atom stereocenters. The first kappa shape index (κ1) is 17.8. The summed E-state index contributed by atoms with van der Waals surface area (Å²) in [5.41, 5.74) is 1.26. The number of urea groups is 1. The summed E-state index contributed by atoms with van der Waals surface area (Å²) in [6, 6.07) is 0.882. The van der Waals surface area contributed by atoms with Gasteiger partial charge in [-0.1, -0.05) is 0 Å². The van der Waals surface area contributed by atoms with Gasteiger partial charge in [0, 0.05) is 63.2 Å². The Kier molecular flexibility index (Phi) is 4.92. The van der Waals surface area contributed by atoms with Crippen molar-refractivity contribution < 1.29 is 9.53 Å². The predicted octanol–water partition coefficient (Wildman–Crippen LogP) is 2.00. The Morgan fingerprint density at radius 1 is 1.31 bits per heavy atom. The van der Waals surface area contributed by atoms with E-state index in [1.165, 1.54) is 5.56 Å². The largest absolute Gasteiger partial charge is 0.381 e. The Balaban J connectivity index is 1.36. The third-order valence-electron chi connectivity index (χ3n) is 6.23. The SMILES string of the molecule is CC(C)n1cc(CN2CCC(N3C(=O)NCC34CCOCC4)CC2)cn1. The van der Waals surface area contributed by atoms with Crippen molar-refractivity contribution in [3.8, 4) is 0 Å². The number of ether oxygens (including phenoxy) is 1. The van der Waals surface area contributed by atoms with Crippen LogP contribution in [0.4, 0.5) is 4.79 Å². The van der Waals surface area contributed by atoms with E-state index < -0.39 is 0 Å². The van der Waals surface area contributed by atoms with E-state index in [1.807, 2.05) is 10.9 Å². The van der Waals surface area contributed by atoms with E-state index >= 15 is 0 Å². The summed E-state index contributed by atoms with van der Waals surface area (Å²) in [4.78, 5) is 17.2. The van der Waals surface area contributed by atoms with E-state index in [4.69, 9.17) is 4.74 Å². The topological polar surface area (TPSA) is 62.6 Å². The second-order valence-corrected chi connectivity index (χ2v) is 8.30. The zero-order chi connectivity index (χ0) is 18.1. The second kappa shape index (κ2) is 7.19. The molecule has 0 radical (unpaired) electrons. The summed E-state index contributed by atoms with van der Waals surface area (Å²) < 4.78 is 7.57. The van der Waals surface area contributed by atoms with Gasteiger partial charge in [0.1, 0.15) is 0 Å². The van der Waals surface area contributed by atoms with Crippen molar-refractivity contribution in [1.82, 2.24) is 24.9 Å². The third-order valence-corrected chi connectivity index (χ3v) is 6.23. The number of piperidine rings is 1. The van der Waals surface area contributed by atoms with Crippen molar-refractivity contribution in [3.63, 3.8) is 0 Å². The molecule has 3 fully saturated rings. The number of nitrogens with one attached hydrogen (secondary N) is 1. The molecule has 1 N–H and O–H groups in total. The lowest BCUT2D eigenvalue weighted by Crippen LogP contribution is -2.57. The Bertz CT molecular complexity index is 630. The molecule has 0 aromatic carbocycles. The van der Waals surface area contributed by atoms with Gasteiger partial charge in [-0.2, -0.15) is 5.10 Å². The highest BCUT2D eigenvalue weighted by Gasteiger charge is 2.49. The average molecular weight is 361 g/mol. The fourth-order valence-corrected chi connectivity index (χ4v) is 4.68. The molecule has 0 unspecified atom stereocenters. The monoisotopic (exact) mass is 361 g/mol. The van der Waals surface area contributed by atoms with Crippen molar-refractivity contribution in [2.45, 2.75) is 63.7 Å². The summed E-state index contributed by atoms with van der Waals surface area (Å²) in [6.45, 7) is 9.63. The smallest absolute Gasteiger partial charge is 0.318 e. The first-order chi connectivity index (χ1) is 12.6. The van der Waals surface area contributed by atoms with E-state index in [2.05, 4.69) is 40.3 Å². The van der Waals surface area contributed by atoms with Gasteiger partial charge in [0.2, 0.25) is 0 Å². The van der Waals surface area contributed by atoms with Crippen LogP contribution in [0.3, 0.4) is 0 Å². The van der Waals surface area contributed by atoms with Gasteiger partial charge in [-0.15, -0.1) is 0 Å². The molecule has 144 valence electrons. The first-order valence-electron chi connectivity index (χ1n) is 9.98. The summed E-state index contributed by atoms with van der Waals surface area (Å²) in [6.07, 6.45) is 8.15. The van der Waals surface area contributed by atoms with Crippen LogP contribution in [0.2, 0.25) is 0 Å². The summed E-state index contributed by atoms with van der Waals surface area (Å²) in [5.74, 6) is 0. The van der Waals surface area contributed by atoms with Crippen molar-refractivity contribution in [2.24, 2.45) is 0 Å². The van der Waals surface area contributed by atoms with Crippen LogP contribution >= 0.6 is 0 Å². The molecule has 26 heavy (non-hydrogen) atoms. The number of hydrogen-bond donors (Lipinski definition) is 1. The molecule has 0 bridgehead atoms. The van der Waals surface area contributed by atoms with Crippen molar-refractivity contribution in [3.05, 3.63) is 18.0 Å². The number of carbonyl (C=O) groups excluding carboxylic acids is 1. The van der Waals surface area contributed by atoms with E-state index in [0.717, 1.165) is 65.1 Å². The molecular formula is C19H31N5O2. The molecule has 3 aliphatic heterocycles. The van der Waals surface area contributed by atoms with E-state index in [1.54, 1.807) is 0 Å². The highest BCUT2D eigenvalue weighted by molar-refractivity contribution is 5.78. The molecule has 7 nitrogen and oxygen atoms in total. The van der Waals surface area contributed by atoms with Gasteiger partial charge in [0.15, 0.2) is 0 Å². The minimum absolute atomic E-state index is 0.0133. The molecule has 3 aliphatic rings. The zero-order valence-electron chi connectivity index (χ0n) is 16.0. The van der Waals surface area contributed by atoms with Crippen LogP contribution in [0, 0.1) is 0 Å². The fraction of sp³-hybridized carbons (Fsp3) is 0.789. The molecule has 1 spiro atoms. The molecule has 3 saturated heterocycles. The Labute approximate surface area is 155 Å². The van der Waals surface area contributed by atoms with Gasteiger partial charge in [-0.3, -0.25) is 9.58 Å². The summed E-state index contributed by atoms with van der Waals surface area (Å²) in [7, 11) is 0. The van der Waals surface area contributed by atoms with E-state index in [0.29, 0.717) is 12.1 Å². The van der Waals surface area contributed by atoms with Gasteiger partial charge in [0.05, 0.1) is 11.7 Å². The lowest BCUT2D eigenvalue weighted by atomic mass is 9.86. The third kappa shape index (κ3) is 3.34. The lowest BCUT2D eigenvalue weighted by molar-refractivity contribution is -0.0158. The van der Waals surface area contributed by atoms with Gasteiger partial charge >= 0.3 is 6.03 Å². The van der Waals surface area contributed by atoms with Crippen LogP contribution in [-0.4, -0.2) is 70.0 Å². The maximum Gasteiger partial charge on any atom is 0.318 e. The molecule has 7 heteroatoms. The first-order valence-corrected chi connectivity index (χ1v) is 9.98. The quantitative estimate of drug-likeness (QED) is 0.891. The van der Waals surface area contributed by atoms with Gasteiger partial charge in [-0.25, -0.2) is 4.79 Å². The molecular weight excluding hydrogens is 330 g/mol. The van der Waals surface area contributed by atoms with Crippen LogP contribution in [0.25, 0.3) is 0 Å². The van der Waals surface area contributed by atoms with Crippen LogP contribution in [0.15, 0.2) is 12.4 Å². The standard InChI is InChI=1S/C19H31N5O2/c1-15(2)23-13-16(11-21-23)12-22-7-3-17(4-8-22)24-18(25)20-14-19(24)5-9-26-10-6-19/h11,13,15,17H,3-10,12,14H2,1-2H3,(H,20,25). The summed E-state index contributed by atoms with van der Waals surface area (Å²) >= 11 is 0. The van der Waals surface area contributed by atoms with Crippen molar-refractivity contribution in [2.75, 3.05) is 32.8 Å². The Morgan fingerprint density at radius 3 is 2.69 bits per heavy atom. The van der Waals surface area contributed by atoms with Crippen LogP contribution in [0.5, 0.6) is 0 Å². The average Bonchev–Trinajstić information content (AvgIpc) is 3.22. The van der Waals surface area contributed by atoms with Crippen molar-refractivity contribution >= 4 is 6.03 Å². The Morgan fingerprint density at radius 2 is 2.04 bits per heavy atom. The van der Waals surface area contributed by atoms with Crippen LogP contribution in [0.1, 0.15) is 51.1 Å². The second-order valence-electron chi connectivity index (χ2n) is 8.30. The number of rotatable bonds is 4. The number of hydrogen-bond acceptors (Lipinski definition) is 4. The van der Waals surface area contributed by atoms with Gasteiger partial charge < -0.3 is 15.0 Å². The van der Waals surface area contributed by atoms with Crippen molar-refractivity contribution in [1.29, 1.82) is 0 Å². The molecule has 1 aromatic heterocycles. The number of nitrogens with zero attached hydrogens (tertiary/aromatic N) is 4. The lowest BCUT2D eigenvalue weighted by Gasteiger charge is -2.46. The minimum atomic E-state index is -0.0133. The number of likely N-dealkylation sites (tertiary alicyclic amines) is 1. The molecule has 0 aliphatic carbocycles. The minimum Gasteiger partial charge on any atom is -0.381 e. The van der Waals surface area contributed by atoms with Gasteiger partial charge in [-0.05, 0) is 39.5 Å². The maximum atomic E-state index is 12.5. The van der Waals surface area contributed by atoms with Crippen LogP contribution < -0.4 is 5.32 Å². The van der Waals surface area contributed by atoms with Gasteiger partial charge in [0.25, 0.3) is 0 Å². The molecule has 4 rings (SSSR count). The van der Waals surface area contributed by atoms with Crippen LogP contribution in [-0.2, 0) is 11.3 Å². The normalized spacial score (nSPS) is 24.6.